The van der Waals surface area contributed by atoms with Gasteiger partial charge in [0.2, 0.25) is 5.95 Å². The maximum absolute atomic E-state index is 6.65. The van der Waals surface area contributed by atoms with Gasteiger partial charge in [0.15, 0.2) is 5.65 Å². The molecule has 0 radical (unpaired) electrons. The average Bonchev–Trinajstić information content (AvgIpc) is 3.24. The fourth-order valence-electron chi connectivity index (χ4n) is 4.85. The van der Waals surface area contributed by atoms with Crippen molar-refractivity contribution in [2.24, 2.45) is 0 Å². The average molecular weight is 510 g/mol. The maximum atomic E-state index is 6.65. The molecule has 0 spiro atoms. The molecule has 2 aromatic heterocycles. The molecule has 1 fully saturated rings. The van der Waals surface area contributed by atoms with Gasteiger partial charge in [0.25, 0.3) is 0 Å². The van der Waals surface area contributed by atoms with E-state index in [2.05, 4.69) is 52.3 Å². The molecule has 0 atom stereocenters. The normalized spacial score (nSPS) is 14.4. The van der Waals surface area contributed by atoms with Gasteiger partial charge in [-0.15, -0.1) is 5.10 Å². The molecule has 186 valence electrons. The number of benzene rings is 3. The highest BCUT2D eigenvalue weighted by molar-refractivity contribution is 6.30. The van der Waals surface area contributed by atoms with Gasteiger partial charge < -0.3 is 10.6 Å². The number of nitrogen functional groups attached to an aromatic ring is 1. The lowest BCUT2D eigenvalue weighted by atomic mass is 10.1. The van der Waals surface area contributed by atoms with Crippen molar-refractivity contribution in [3.05, 3.63) is 101 Å². The number of hydrogen-bond acceptors (Lipinski definition) is 6. The molecule has 0 saturated carbocycles. The summed E-state index contributed by atoms with van der Waals surface area (Å²) in [6.07, 6.45) is 0. The third-order valence-corrected chi connectivity index (χ3v) is 7.04. The van der Waals surface area contributed by atoms with Crippen molar-refractivity contribution in [3.63, 3.8) is 0 Å². The number of nitrogens with zero attached hydrogens (tertiary/aromatic N) is 6. The molecular weight excluding hydrogens is 482 g/mol. The predicted molar refractivity (Wildman–Crippen MR) is 150 cm³/mol. The third-order valence-electron chi connectivity index (χ3n) is 6.81. The molecule has 0 bridgehead atoms. The van der Waals surface area contributed by atoms with E-state index < -0.39 is 0 Å². The van der Waals surface area contributed by atoms with Crippen LogP contribution in [0.4, 0.5) is 11.8 Å². The lowest BCUT2D eigenvalue weighted by Crippen LogP contribution is -2.46. The van der Waals surface area contributed by atoms with Gasteiger partial charge in [0, 0.05) is 43.3 Å². The van der Waals surface area contributed by atoms with Crippen LogP contribution in [-0.4, -0.2) is 50.8 Å². The molecule has 7 nitrogen and oxygen atoms in total. The van der Waals surface area contributed by atoms with E-state index in [0.717, 1.165) is 54.9 Å². The van der Waals surface area contributed by atoms with Gasteiger partial charge in [0.1, 0.15) is 5.82 Å². The summed E-state index contributed by atoms with van der Waals surface area (Å²) in [4.78, 5) is 14.6. The van der Waals surface area contributed by atoms with Crippen molar-refractivity contribution in [1.82, 2.24) is 24.6 Å². The molecule has 0 aliphatic carbocycles. The standard InChI is InChI=1S/C29H28ClN7/c30-24-13-7-12-23(18-24)26-25-27(31)37(20-22-10-5-2-6-11-22)34-28(25)33-29(32-26)36-16-14-35(15-17-36)19-21-8-3-1-4-9-21/h1-13,18H,14-17,19-20,31H2. The predicted octanol–water partition coefficient (Wildman–Crippen LogP) is 5.10. The third kappa shape index (κ3) is 5.01. The Labute approximate surface area is 221 Å². The molecule has 5 aromatic rings. The van der Waals surface area contributed by atoms with Gasteiger partial charge in [-0.3, -0.25) is 4.90 Å². The van der Waals surface area contributed by atoms with Crippen LogP contribution in [0.3, 0.4) is 0 Å². The number of aromatic nitrogens is 4. The first-order valence-electron chi connectivity index (χ1n) is 12.5. The smallest absolute Gasteiger partial charge is 0.228 e. The molecule has 2 N–H and O–H groups in total. The van der Waals surface area contributed by atoms with Crippen LogP contribution in [0.2, 0.25) is 5.02 Å². The Balaban J connectivity index is 1.34. The van der Waals surface area contributed by atoms with E-state index in [1.165, 1.54) is 5.56 Å². The molecule has 1 aliphatic heterocycles. The number of fused-ring (bicyclic) bond motifs is 1. The van der Waals surface area contributed by atoms with Gasteiger partial charge >= 0.3 is 0 Å². The minimum absolute atomic E-state index is 0.549. The Morgan fingerprint density at radius 3 is 2.11 bits per heavy atom. The highest BCUT2D eigenvalue weighted by atomic mass is 35.5. The second-order valence-corrected chi connectivity index (χ2v) is 9.79. The molecule has 1 aliphatic rings. The quantitative estimate of drug-likeness (QED) is 0.343. The van der Waals surface area contributed by atoms with Crippen LogP contribution < -0.4 is 10.6 Å². The topological polar surface area (TPSA) is 76.1 Å². The van der Waals surface area contributed by atoms with Gasteiger partial charge in [-0.25, -0.2) is 9.67 Å². The zero-order chi connectivity index (χ0) is 25.2. The van der Waals surface area contributed by atoms with Crippen LogP contribution in [0, 0.1) is 0 Å². The summed E-state index contributed by atoms with van der Waals surface area (Å²) < 4.78 is 1.81. The van der Waals surface area contributed by atoms with Crippen molar-refractivity contribution < 1.29 is 0 Å². The SMILES string of the molecule is Nc1c2c(-c3cccc(Cl)c3)nc(N3CCN(Cc4ccccc4)CC3)nc2nn1Cc1ccccc1. The second-order valence-electron chi connectivity index (χ2n) is 9.36. The van der Waals surface area contributed by atoms with E-state index in [-0.39, 0.29) is 0 Å². The largest absolute Gasteiger partial charge is 0.383 e. The lowest BCUT2D eigenvalue weighted by molar-refractivity contribution is 0.249. The molecule has 8 heteroatoms. The Morgan fingerprint density at radius 2 is 1.43 bits per heavy atom. The van der Waals surface area contributed by atoms with Gasteiger partial charge in [-0.2, -0.15) is 4.98 Å². The van der Waals surface area contributed by atoms with Crippen LogP contribution >= 0.6 is 11.6 Å². The summed E-state index contributed by atoms with van der Waals surface area (Å²) in [5, 5.41) is 6.22. The summed E-state index contributed by atoms with van der Waals surface area (Å²) in [6, 6.07) is 28.5. The number of hydrogen-bond donors (Lipinski definition) is 1. The Hall–Kier alpha value is -3.94. The van der Waals surface area contributed by atoms with Crippen molar-refractivity contribution in [1.29, 1.82) is 0 Å². The molecule has 0 unspecified atom stereocenters. The minimum atomic E-state index is 0.549. The van der Waals surface area contributed by atoms with Crippen LogP contribution in [0.15, 0.2) is 84.9 Å². The van der Waals surface area contributed by atoms with Gasteiger partial charge in [-0.05, 0) is 23.3 Å². The van der Waals surface area contributed by atoms with E-state index in [4.69, 9.17) is 32.4 Å². The van der Waals surface area contributed by atoms with Crippen LogP contribution in [0.5, 0.6) is 0 Å². The van der Waals surface area contributed by atoms with E-state index in [0.29, 0.717) is 29.0 Å². The van der Waals surface area contributed by atoms with Crippen molar-refractivity contribution >= 4 is 34.4 Å². The Kier molecular flexibility index (Phi) is 6.47. The Morgan fingerprint density at radius 1 is 0.757 bits per heavy atom. The monoisotopic (exact) mass is 509 g/mol. The highest BCUT2D eigenvalue weighted by Gasteiger charge is 2.24. The number of rotatable bonds is 6. The highest BCUT2D eigenvalue weighted by Crippen LogP contribution is 2.33. The maximum Gasteiger partial charge on any atom is 0.228 e. The fraction of sp³-hybridized carbons (Fsp3) is 0.207. The molecular formula is C29H28ClN7. The molecule has 1 saturated heterocycles. The van der Waals surface area contributed by atoms with Crippen molar-refractivity contribution in [2.75, 3.05) is 36.8 Å². The summed E-state index contributed by atoms with van der Waals surface area (Å²) in [5.41, 5.74) is 11.4. The second kappa shape index (κ2) is 10.2. The van der Waals surface area contributed by atoms with Gasteiger partial charge in [-0.1, -0.05) is 84.4 Å². The molecule has 0 amide bonds. The van der Waals surface area contributed by atoms with Crippen LogP contribution in [-0.2, 0) is 13.1 Å². The summed E-state index contributed by atoms with van der Waals surface area (Å²) in [5.74, 6) is 1.22. The number of piperazine rings is 1. The van der Waals surface area contributed by atoms with Crippen LogP contribution in [0.1, 0.15) is 11.1 Å². The first-order chi connectivity index (χ1) is 18.1. The van der Waals surface area contributed by atoms with Crippen molar-refractivity contribution in [3.8, 4) is 11.3 Å². The van der Waals surface area contributed by atoms with Gasteiger partial charge in [0.05, 0.1) is 17.6 Å². The molecule has 6 rings (SSSR count). The van der Waals surface area contributed by atoms with Crippen LogP contribution in [0.25, 0.3) is 22.3 Å². The minimum Gasteiger partial charge on any atom is -0.383 e. The van der Waals surface area contributed by atoms with E-state index in [1.54, 1.807) is 0 Å². The summed E-state index contributed by atoms with van der Waals surface area (Å²) >= 11 is 6.36. The molecule has 37 heavy (non-hydrogen) atoms. The number of nitrogens with two attached hydrogens (primary N) is 1. The van der Waals surface area contributed by atoms with E-state index in [1.807, 2.05) is 47.1 Å². The van der Waals surface area contributed by atoms with Crippen molar-refractivity contribution in [2.45, 2.75) is 13.1 Å². The number of halogens is 1. The number of anilines is 2. The zero-order valence-electron chi connectivity index (χ0n) is 20.5. The summed E-state index contributed by atoms with van der Waals surface area (Å²) in [7, 11) is 0. The van der Waals surface area contributed by atoms with E-state index >= 15 is 0 Å². The molecule has 3 heterocycles. The lowest BCUT2D eigenvalue weighted by Gasteiger charge is -2.34. The fourth-order valence-corrected chi connectivity index (χ4v) is 5.04. The zero-order valence-corrected chi connectivity index (χ0v) is 21.2. The molecule has 3 aromatic carbocycles. The van der Waals surface area contributed by atoms with E-state index in [9.17, 15) is 0 Å². The Bertz CT molecular complexity index is 1510. The first-order valence-corrected chi connectivity index (χ1v) is 12.9. The first kappa shape index (κ1) is 23.5. The summed E-state index contributed by atoms with van der Waals surface area (Å²) in [6.45, 7) is 5.07.